The van der Waals surface area contributed by atoms with Crippen LogP contribution in [-0.2, 0) is 11.2 Å². The number of hydrogen-bond acceptors (Lipinski definition) is 4. The highest BCUT2D eigenvalue weighted by Gasteiger charge is 2.13. The number of hydrogen-bond donors (Lipinski definition) is 1. The van der Waals surface area contributed by atoms with Crippen molar-refractivity contribution in [3.8, 4) is 17.2 Å². The first kappa shape index (κ1) is 20.4. The lowest BCUT2D eigenvalue weighted by Gasteiger charge is -2.14. The lowest BCUT2D eigenvalue weighted by atomic mass is 10.1. The zero-order chi connectivity index (χ0) is 19.1. The highest BCUT2D eigenvalue weighted by Crippen LogP contribution is 2.35. The van der Waals surface area contributed by atoms with E-state index in [1.165, 1.54) is 19.8 Å². The lowest BCUT2D eigenvalue weighted by Crippen LogP contribution is -2.20. The first-order valence-electron chi connectivity index (χ1n) is 8.11. The van der Waals surface area contributed by atoms with Crippen LogP contribution in [0.5, 0.6) is 17.2 Å². The van der Waals surface area contributed by atoms with Crippen LogP contribution in [0.3, 0.4) is 0 Å². The molecule has 0 saturated carbocycles. The van der Waals surface area contributed by atoms with Gasteiger partial charge in [-0.3, -0.25) is 4.79 Å². The summed E-state index contributed by atoms with van der Waals surface area (Å²) in [6, 6.07) is 9.04. The summed E-state index contributed by atoms with van der Waals surface area (Å²) < 4.78 is 16.8. The lowest BCUT2D eigenvalue weighted by molar-refractivity contribution is -0.118. The number of ether oxygens (including phenoxy) is 3. The Morgan fingerprint density at radius 1 is 1.12 bits per heavy atom. The molecule has 7 heteroatoms. The van der Waals surface area contributed by atoms with E-state index in [4.69, 9.17) is 25.8 Å². The van der Waals surface area contributed by atoms with Crippen molar-refractivity contribution in [1.82, 2.24) is 0 Å². The molecule has 2 aromatic rings. The number of anilines is 1. The van der Waals surface area contributed by atoms with Gasteiger partial charge in [-0.05, 0) is 40.0 Å². The summed E-state index contributed by atoms with van der Waals surface area (Å²) in [4.78, 5) is 12.2. The highest BCUT2D eigenvalue weighted by molar-refractivity contribution is 9.10. The smallest absolute Gasteiger partial charge is 0.262 e. The molecule has 0 saturated heterocycles. The van der Waals surface area contributed by atoms with E-state index in [-0.39, 0.29) is 12.5 Å². The third kappa shape index (κ3) is 5.29. The van der Waals surface area contributed by atoms with Gasteiger partial charge in [0.1, 0.15) is 17.2 Å². The molecule has 1 N–H and O–H groups in total. The van der Waals surface area contributed by atoms with Crippen LogP contribution >= 0.6 is 27.5 Å². The number of halogens is 2. The maximum Gasteiger partial charge on any atom is 0.262 e. The molecule has 5 nitrogen and oxygen atoms in total. The molecule has 0 heterocycles. The quantitative estimate of drug-likeness (QED) is 0.619. The molecule has 0 aliphatic carbocycles. The van der Waals surface area contributed by atoms with Gasteiger partial charge in [-0.15, -0.1) is 0 Å². The molecule has 26 heavy (non-hydrogen) atoms. The Morgan fingerprint density at radius 2 is 1.85 bits per heavy atom. The van der Waals surface area contributed by atoms with Gasteiger partial charge in [-0.2, -0.15) is 0 Å². The fourth-order valence-corrected chi connectivity index (χ4v) is 3.16. The number of benzene rings is 2. The minimum absolute atomic E-state index is 0.139. The Labute approximate surface area is 166 Å². The summed E-state index contributed by atoms with van der Waals surface area (Å²) in [6.07, 6.45) is 2.07. The molecule has 0 aliphatic rings. The minimum atomic E-state index is -0.322. The van der Waals surface area contributed by atoms with Gasteiger partial charge in [0.25, 0.3) is 5.91 Å². The van der Waals surface area contributed by atoms with Gasteiger partial charge >= 0.3 is 0 Å². The molecule has 0 aromatic heterocycles. The van der Waals surface area contributed by atoms with E-state index in [9.17, 15) is 4.79 Å². The third-order valence-electron chi connectivity index (χ3n) is 3.64. The van der Waals surface area contributed by atoms with Gasteiger partial charge in [-0.1, -0.05) is 31.0 Å². The van der Waals surface area contributed by atoms with E-state index in [1.807, 2.05) is 18.2 Å². The van der Waals surface area contributed by atoms with Crippen LogP contribution in [0.2, 0.25) is 5.02 Å². The number of rotatable bonds is 8. The predicted molar refractivity (Wildman–Crippen MR) is 107 cm³/mol. The van der Waals surface area contributed by atoms with Crippen molar-refractivity contribution < 1.29 is 19.0 Å². The molecule has 0 unspecified atom stereocenters. The van der Waals surface area contributed by atoms with E-state index < -0.39 is 0 Å². The predicted octanol–water partition coefficient (Wildman–Crippen LogP) is 5.09. The molecule has 2 rings (SSSR count). The van der Waals surface area contributed by atoms with Crippen molar-refractivity contribution in [2.75, 3.05) is 26.1 Å². The summed E-state index contributed by atoms with van der Waals surface area (Å²) in [6.45, 7) is 1.99. The Morgan fingerprint density at radius 3 is 2.46 bits per heavy atom. The van der Waals surface area contributed by atoms with Gasteiger partial charge < -0.3 is 19.5 Å². The van der Waals surface area contributed by atoms with E-state index >= 15 is 0 Å². The second-order valence-corrected chi connectivity index (χ2v) is 6.80. The zero-order valence-corrected chi connectivity index (χ0v) is 17.2. The Kier molecular flexibility index (Phi) is 7.60. The van der Waals surface area contributed by atoms with Crippen LogP contribution < -0.4 is 19.5 Å². The fraction of sp³-hybridized carbons (Fsp3) is 0.316. The SMILES string of the molecule is CCCc1ccc(OCC(=O)Nc2cc(OC)c(Cl)cc2OC)c(Br)c1. The molecule has 0 fully saturated rings. The number of carbonyl (C=O) groups excluding carboxylic acids is 1. The number of carbonyl (C=O) groups is 1. The van der Waals surface area contributed by atoms with Gasteiger partial charge in [-0.25, -0.2) is 0 Å². The molecule has 0 atom stereocenters. The largest absolute Gasteiger partial charge is 0.495 e. The van der Waals surface area contributed by atoms with Crippen LogP contribution in [0, 0.1) is 0 Å². The van der Waals surface area contributed by atoms with Crippen LogP contribution in [0.4, 0.5) is 5.69 Å². The number of amides is 1. The normalized spacial score (nSPS) is 10.3. The van der Waals surface area contributed by atoms with Crippen molar-refractivity contribution in [1.29, 1.82) is 0 Å². The topological polar surface area (TPSA) is 56.8 Å². The second kappa shape index (κ2) is 9.69. The van der Waals surface area contributed by atoms with Gasteiger partial charge in [0.2, 0.25) is 0 Å². The second-order valence-electron chi connectivity index (χ2n) is 5.54. The van der Waals surface area contributed by atoms with Crippen molar-refractivity contribution >= 4 is 39.1 Å². The molecule has 0 radical (unpaired) electrons. The average Bonchev–Trinajstić information content (AvgIpc) is 2.62. The van der Waals surface area contributed by atoms with Gasteiger partial charge in [0.05, 0.1) is 29.4 Å². The van der Waals surface area contributed by atoms with Crippen molar-refractivity contribution in [2.45, 2.75) is 19.8 Å². The van der Waals surface area contributed by atoms with Gasteiger partial charge in [0.15, 0.2) is 6.61 Å². The number of aryl methyl sites for hydroxylation is 1. The highest BCUT2D eigenvalue weighted by atomic mass is 79.9. The minimum Gasteiger partial charge on any atom is -0.495 e. The van der Waals surface area contributed by atoms with E-state index in [0.29, 0.717) is 28.0 Å². The summed E-state index contributed by atoms with van der Waals surface area (Å²) in [5.74, 6) is 1.17. The maximum absolute atomic E-state index is 12.2. The Hall–Kier alpha value is -1.92. The molecular weight excluding hydrogens is 422 g/mol. The summed E-state index contributed by atoms with van der Waals surface area (Å²) in [5.41, 5.74) is 1.67. The molecule has 1 amide bonds. The zero-order valence-electron chi connectivity index (χ0n) is 14.9. The van der Waals surface area contributed by atoms with Crippen LogP contribution in [0.25, 0.3) is 0 Å². The Bertz CT molecular complexity index is 782. The first-order chi connectivity index (χ1) is 12.5. The van der Waals surface area contributed by atoms with Crippen molar-refractivity contribution in [2.24, 2.45) is 0 Å². The summed E-state index contributed by atoms with van der Waals surface area (Å²) >= 11 is 9.54. The van der Waals surface area contributed by atoms with Crippen molar-refractivity contribution in [3.05, 3.63) is 45.4 Å². The van der Waals surface area contributed by atoms with E-state index in [2.05, 4.69) is 28.2 Å². The first-order valence-corrected chi connectivity index (χ1v) is 9.28. The van der Waals surface area contributed by atoms with E-state index in [0.717, 1.165) is 17.3 Å². The van der Waals surface area contributed by atoms with E-state index in [1.54, 1.807) is 12.1 Å². The number of methoxy groups -OCH3 is 2. The van der Waals surface area contributed by atoms with Crippen LogP contribution in [-0.4, -0.2) is 26.7 Å². The number of nitrogens with one attached hydrogen (secondary N) is 1. The third-order valence-corrected chi connectivity index (χ3v) is 4.56. The molecule has 2 aromatic carbocycles. The molecule has 0 spiro atoms. The average molecular weight is 443 g/mol. The monoisotopic (exact) mass is 441 g/mol. The summed E-state index contributed by atoms with van der Waals surface area (Å²) in [5, 5.41) is 3.14. The summed E-state index contributed by atoms with van der Waals surface area (Å²) in [7, 11) is 3.00. The van der Waals surface area contributed by atoms with Crippen LogP contribution in [0.15, 0.2) is 34.8 Å². The molecular formula is C19H21BrClNO4. The van der Waals surface area contributed by atoms with Crippen LogP contribution in [0.1, 0.15) is 18.9 Å². The fourth-order valence-electron chi connectivity index (χ4n) is 2.39. The molecule has 0 bridgehead atoms. The molecule has 0 aliphatic heterocycles. The van der Waals surface area contributed by atoms with Crippen molar-refractivity contribution in [3.63, 3.8) is 0 Å². The molecule has 140 valence electrons. The van der Waals surface area contributed by atoms with Gasteiger partial charge in [0, 0.05) is 12.1 Å². The standard InChI is InChI=1S/C19H21BrClNO4/c1-4-5-12-6-7-16(13(20)8-12)26-11-19(23)22-15-10-17(24-2)14(21)9-18(15)25-3/h6-10H,4-5,11H2,1-3H3,(H,22,23). The maximum atomic E-state index is 12.2. The Balaban J connectivity index is 2.03.